The number of nitrogens with zero attached hydrogens (tertiary/aromatic N) is 2. The average molecular weight is 438 g/mol. The lowest BCUT2D eigenvalue weighted by atomic mass is 10.1. The van der Waals surface area contributed by atoms with E-state index in [1.807, 2.05) is 36.4 Å². The van der Waals surface area contributed by atoms with Crippen molar-refractivity contribution in [3.05, 3.63) is 88.6 Å². The van der Waals surface area contributed by atoms with Gasteiger partial charge in [-0.15, -0.1) is 0 Å². The smallest absolute Gasteiger partial charge is 0.256 e. The highest BCUT2D eigenvalue weighted by Crippen LogP contribution is 2.33. The van der Waals surface area contributed by atoms with Gasteiger partial charge in [-0.05, 0) is 47.2 Å². The maximum absolute atomic E-state index is 13.0. The topological polar surface area (TPSA) is 81.1 Å². The summed E-state index contributed by atoms with van der Waals surface area (Å²) in [5, 5.41) is 9.90. The summed E-state index contributed by atoms with van der Waals surface area (Å²) in [5.41, 5.74) is 2.14. The zero-order chi connectivity index (χ0) is 20.9. The summed E-state index contributed by atoms with van der Waals surface area (Å²) in [6.07, 6.45) is 0. The molecule has 0 bridgehead atoms. The summed E-state index contributed by atoms with van der Waals surface area (Å²) in [6.45, 7) is 0. The Kier molecular flexibility index (Phi) is 4.38. The predicted octanol–water partition coefficient (Wildman–Crippen LogP) is 4.36. The Morgan fingerprint density at radius 2 is 1.70 bits per heavy atom. The SMILES string of the molecule is O=C(Nc1c2c(nn1-c1ccc(Cl)cc1)CS(=O)(=O)C2)c1ccc2ccccc2c1. The fraction of sp³-hybridized carbons (Fsp3) is 0.0909. The highest BCUT2D eigenvalue weighted by molar-refractivity contribution is 7.90. The number of carbonyl (C=O) groups excluding carboxylic acids is 1. The summed E-state index contributed by atoms with van der Waals surface area (Å²) >= 11 is 5.98. The molecule has 1 N–H and O–H groups in total. The van der Waals surface area contributed by atoms with Crippen molar-refractivity contribution in [3.8, 4) is 5.69 Å². The molecule has 6 nitrogen and oxygen atoms in total. The fourth-order valence-electron chi connectivity index (χ4n) is 3.65. The molecule has 1 aliphatic heterocycles. The predicted molar refractivity (Wildman–Crippen MR) is 117 cm³/mol. The van der Waals surface area contributed by atoms with Crippen LogP contribution in [-0.2, 0) is 21.3 Å². The molecule has 0 radical (unpaired) electrons. The normalized spacial score (nSPS) is 14.6. The van der Waals surface area contributed by atoms with Crippen LogP contribution in [0.5, 0.6) is 0 Å². The van der Waals surface area contributed by atoms with Crippen LogP contribution in [0.3, 0.4) is 0 Å². The van der Waals surface area contributed by atoms with Crippen molar-refractivity contribution >= 4 is 43.9 Å². The number of rotatable bonds is 3. The van der Waals surface area contributed by atoms with Gasteiger partial charge in [0, 0.05) is 16.1 Å². The van der Waals surface area contributed by atoms with E-state index in [9.17, 15) is 13.2 Å². The lowest BCUT2D eigenvalue weighted by Gasteiger charge is -2.12. The summed E-state index contributed by atoms with van der Waals surface area (Å²) < 4.78 is 25.8. The monoisotopic (exact) mass is 437 g/mol. The molecule has 8 heteroatoms. The number of nitrogens with one attached hydrogen (secondary N) is 1. The number of hydrogen-bond acceptors (Lipinski definition) is 4. The summed E-state index contributed by atoms with van der Waals surface area (Å²) in [6, 6.07) is 20.2. The third-order valence-corrected chi connectivity index (χ3v) is 6.80. The van der Waals surface area contributed by atoms with Crippen LogP contribution in [0.4, 0.5) is 5.82 Å². The zero-order valence-electron chi connectivity index (χ0n) is 15.7. The Balaban J connectivity index is 1.57. The molecular formula is C22H16ClN3O3S. The molecule has 0 aliphatic carbocycles. The standard InChI is InChI=1S/C22H16ClN3O3S/c23-17-7-9-18(10-8-17)26-21(19-12-30(28,29)13-20(19)25-26)24-22(27)16-6-5-14-3-1-2-4-15(14)11-16/h1-11H,12-13H2,(H,24,27). The van der Waals surface area contributed by atoms with E-state index in [4.69, 9.17) is 11.6 Å². The van der Waals surface area contributed by atoms with Crippen molar-refractivity contribution in [1.29, 1.82) is 0 Å². The first kappa shape index (κ1) is 18.8. The Hall–Kier alpha value is -3.16. The summed E-state index contributed by atoms with van der Waals surface area (Å²) in [4.78, 5) is 13.0. The van der Waals surface area contributed by atoms with E-state index < -0.39 is 9.84 Å². The molecule has 150 valence electrons. The number of hydrogen-bond donors (Lipinski definition) is 1. The quantitative estimate of drug-likeness (QED) is 0.516. The number of anilines is 1. The molecular weight excluding hydrogens is 422 g/mol. The Labute approximate surface area is 178 Å². The van der Waals surface area contributed by atoms with Gasteiger partial charge in [-0.25, -0.2) is 13.1 Å². The van der Waals surface area contributed by atoms with Crippen molar-refractivity contribution in [2.45, 2.75) is 11.5 Å². The lowest BCUT2D eigenvalue weighted by Crippen LogP contribution is -2.17. The van der Waals surface area contributed by atoms with Crippen molar-refractivity contribution in [2.24, 2.45) is 0 Å². The van der Waals surface area contributed by atoms with Gasteiger partial charge in [-0.3, -0.25) is 4.79 Å². The van der Waals surface area contributed by atoms with E-state index in [1.54, 1.807) is 35.0 Å². The van der Waals surface area contributed by atoms with E-state index in [1.165, 1.54) is 0 Å². The van der Waals surface area contributed by atoms with Gasteiger partial charge in [-0.2, -0.15) is 5.10 Å². The second-order valence-corrected chi connectivity index (χ2v) is 9.71. The molecule has 1 amide bonds. The minimum Gasteiger partial charge on any atom is -0.306 e. The third kappa shape index (κ3) is 3.36. The Bertz CT molecular complexity index is 1410. The molecule has 3 aromatic carbocycles. The largest absolute Gasteiger partial charge is 0.306 e. The van der Waals surface area contributed by atoms with E-state index in [0.29, 0.717) is 33.3 Å². The maximum Gasteiger partial charge on any atom is 0.256 e. The van der Waals surface area contributed by atoms with Gasteiger partial charge in [0.05, 0.1) is 22.9 Å². The molecule has 5 rings (SSSR count). The number of aromatic nitrogens is 2. The first-order chi connectivity index (χ1) is 14.4. The molecule has 0 atom stereocenters. The first-order valence-electron chi connectivity index (χ1n) is 9.27. The number of sulfone groups is 1. The second kappa shape index (κ2) is 6.97. The first-order valence-corrected chi connectivity index (χ1v) is 11.5. The number of carbonyl (C=O) groups is 1. The highest BCUT2D eigenvalue weighted by Gasteiger charge is 2.33. The van der Waals surface area contributed by atoms with Crippen LogP contribution in [0.25, 0.3) is 16.5 Å². The van der Waals surface area contributed by atoms with E-state index in [2.05, 4.69) is 10.4 Å². The van der Waals surface area contributed by atoms with Gasteiger partial charge in [0.1, 0.15) is 5.82 Å². The highest BCUT2D eigenvalue weighted by atomic mass is 35.5. The molecule has 1 aromatic heterocycles. The Morgan fingerprint density at radius 3 is 2.47 bits per heavy atom. The van der Waals surface area contributed by atoms with Crippen molar-refractivity contribution in [3.63, 3.8) is 0 Å². The van der Waals surface area contributed by atoms with E-state index in [-0.39, 0.29) is 17.4 Å². The fourth-order valence-corrected chi connectivity index (χ4v) is 5.27. The summed E-state index contributed by atoms with van der Waals surface area (Å²) in [7, 11) is -3.27. The van der Waals surface area contributed by atoms with Crippen molar-refractivity contribution in [1.82, 2.24) is 9.78 Å². The van der Waals surface area contributed by atoms with Gasteiger partial charge in [0.2, 0.25) is 0 Å². The van der Waals surface area contributed by atoms with E-state index >= 15 is 0 Å². The van der Waals surface area contributed by atoms with Gasteiger partial charge in [0.15, 0.2) is 9.84 Å². The molecule has 0 fully saturated rings. The molecule has 0 saturated carbocycles. The minimum absolute atomic E-state index is 0.137. The van der Waals surface area contributed by atoms with Crippen LogP contribution in [0.2, 0.25) is 5.02 Å². The van der Waals surface area contributed by atoms with Gasteiger partial charge in [0.25, 0.3) is 5.91 Å². The molecule has 4 aromatic rings. The molecule has 0 spiro atoms. The van der Waals surface area contributed by atoms with Gasteiger partial charge in [-0.1, -0.05) is 41.9 Å². The van der Waals surface area contributed by atoms with Gasteiger partial charge >= 0.3 is 0 Å². The van der Waals surface area contributed by atoms with Crippen LogP contribution < -0.4 is 5.32 Å². The van der Waals surface area contributed by atoms with Gasteiger partial charge < -0.3 is 5.32 Å². The Morgan fingerprint density at radius 1 is 0.967 bits per heavy atom. The third-order valence-electron chi connectivity index (χ3n) is 5.10. The maximum atomic E-state index is 13.0. The molecule has 0 saturated heterocycles. The number of benzene rings is 3. The molecule has 2 heterocycles. The average Bonchev–Trinajstić information content (AvgIpc) is 3.20. The van der Waals surface area contributed by atoms with E-state index in [0.717, 1.165) is 10.8 Å². The minimum atomic E-state index is -3.27. The molecule has 1 aliphatic rings. The van der Waals surface area contributed by atoms with Crippen LogP contribution in [0.15, 0.2) is 66.7 Å². The molecule has 0 unspecified atom stereocenters. The summed E-state index contributed by atoms with van der Waals surface area (Å²) in [5.74, 6) is -0.250. The van der Waals surface area contributed by atoms with Crippen LogP contribution in [-0.4, -0.2) is 24.1 Å². The second-order valence-electron chi connectivity index (χ2n) is 7.21. The lowest BCUT2D eigenvalue weighted by molar-refractivity contribution is 0.102. The number of fused-ring (bicyclic) bond motifs is 2. The number of amides is 1. The van der Waals surface area contributed by atoms with Crippen LogP contribution in [0.1, 0.15) is 21.6 Å². The van der Waals surface area contributed by atoms with Crippen molar-refractivity contribution in [2.75, 3.05) is 5.32 Å². The van der Waals surface area contributed by atoms with Crippen LogP contribution in [0, 0.1) is 0 Å². The molecule has 30 heavy (non-hydrogen) atoms. The van der Waals surface area contributed by atoms with Crippen molar-refractivity contribution < 1.29 is 13.2 Å². The zero-order valence-corrected chi connectivity index (χ0v) is 17.2. The van der Waals surface area contributed by atoms with Crippen LogP contribution >= 0.6 is 11.6 Å². The number of halogens is 1.